The highest BCUT2D eigenvalue weighted by molar-refractivity contribution is 6.07. The van der Waals surface area contributed by atoms with E-state index in [9.17, 15) is 19.7 Å². The Labute approximate surface area is 197 Å². The van der Waals surface area contributed by atoms with E-state index < -0.39 is 10.8 Å². The third-order valence-corrected chi connectivity index (χ3v) is 5.65. The standard InChI is InChI=1S/C26H24N4O4/c31-25(15-14-20-8-4-7-13-24(20)30(33)34)27-23-12-6-5-11-22(23)26(32)29-18-16-28(17-19-29)21-9-2-1-3-10-21/h1-15H,16-19H2,(H,27,31)/b15-14+. The minimum absolute atomic E-state index is 0.0863. The fourth-order valence-corrected chi connectivity index (χ4v) is 3.89. The van der Waals surface area contributed by atoms with Gasteiger partial charge in [-0.15, -0.1) is 0 Å². The Morgan fingerprint density at radius 3 is 2.24 bits per heavy atom. The van der Waals surface area contributed by atoms with Crippen molar-refractivity contribution in [1.82, 2.24) is 4.90 Å². The molecule has 34 heavy (non-hydrogen) atoms. The van der Waals surface area contributed by atoms with Gasteiger partial charge in [0, 0.05) is 44.0 Å². The summed E-state index contributed by atoms with van der Waals surface area (Å²) >= 11 is 0. The van der Waals surface area contributed by atoms with Gasteiger partial charge < -0.3 is 15.1 Å². The molecule has 0 radical (unpaired) electrons. The van der Waals surface area contributed by atoms with Crippen molar-refractivity contribution in [1.29, 1.82) is 0 Å². The van der Waals surface area contributed by atoms with Gasteiger partial charge in [0.05, 0.1) is 21.7 Å². The van der Waals surface area contributed by atoms with Gasteiger partial charge in [-0.2, -0.15) is 0 Å². The smallest absolute Gasteiger partial charge is 0.276 e. The summed E-state index contributed by atoms with van der Waals surface area (Å²) in [5.74, 6) is -0.626. The number of nitrogens with zero attached hydrogens (tertiary/aromatic N) is 3. The van der Waals surface area contributed by atoms with Crippen molar-refractivity contribution < 1.29 is 14.5 Å². The summed E-state index contributed by atoms with van der Waals surface area (Å²) in [5.41, 5.74) is 2.17. The number of para-hydroxylation sites is 3. The number of hydrogen-bond donors (Lipinski definition) is 1. The summed E-state index contributed by atoms with van der Waals surface area (Å²) in [4.78, 5) is 40.4. The lowest BCUT2D eigenvalue weighted by Gasteiger charge is -2.36. The maximum Gasteiger partial charge on any atom is 0.276 e. The highest BCUT2D eigenvalue weighted by atomic mass is 16.6. The first kappa shape index (κ1) is 22.7. The third-order valence-electron chi connectivity index (χ3n) is 5.65. The monoisotopic (exact) mass is 456 g/mol. The molecular weight excluding hydrogens is 432 g/mol. The highest BCUT2D eigenvalue weighted by Gasteiger charge is 2.24. The second-order valence-electron chi connectivity index (χ2n) is 7.80. The summed E-state index contributed by atoms with van der Waals surface area (Å²) in [5, 5.41) is 13.9. The molecule has 2 amide bonds. The van der Waals surface area contributed by atoms with Crippen molar-refractivity contribution in [3.05, 3.63) is 106 Å². The summed E-state index contributed by atoms with van der Waals surface area (Å²) in [6.45, 7) is 2.60. The van der Waals surface area contributed by atoms with Crippen LogP contribution in [0.4, 0.5) is 17.1 Å². The van der Waals surface area contributed by atoms with Gasteiger partial charge >= 0.3 is 0 Å². The third kappa shape index (κ3) is 5.29. The van der Waals surface area contributed by atoms with E-state index in [-0.39, 0.29) is 11.6 Å². The van der Waals surface area contributed by atoms with Gasteiger partial charge in [-0.25, -0.2) is 0 Å². The van der Waals surface area contributed by atoms with Crippen molar-refractivity contribution >= 4 is 35.0 Å². The van der Waals surface area contributed by atoms with E-state index in [0.717, 1.165) is 18.8 Å². The molecule has 0 atom stereocenters. The zero-order valence-electron chi connectivity index (χ0n) is 18.5. The van der Waals surface area contributed by atoms with E-state index in [4.69, 9.17) is 0 Å². The van der Waals surface area contributed by atoms with E-state index in [1.165, 1.54) is 18.2 Å². The van der Waals surface area contributed by atoms with Gasteiger partial charge in [-0.1, -0.05) is 42.5 Å². The maximum atomic E-state index is 13.2. The molecule has 0 unspecified atom stereocenters. The Hall–Kier alpha value is -4.46. The average molecular weight is 457 g/mol. The van der Waals surface area contributed by atoms with Crippen molar-refractivity contribution in [2.24, 2.45) is 0 Å². The second-order valence-corrected chi connectivity index (χ2v) is 7.80. The van der Waals surface area contributed by atoms with Crippen LogP contribution in [0.3, 0.4) is 0 Å². The Morgan fingerprint density at radius 1 is 0.853 bits per heavy atom. The molecule has 0 aliphatic carbocycles. The van der Waals surface area contributed by atoms with E-state index >= 15 is 0 Å². The van der Waals surface area contributed by atoms with Crippen LogP contribution in [0.5, 0.6) is 0 Å². The molecule has 8 heteroatoms. The molecule has 1 N–H and O–H groups in total. The molecular formula is C26H24N4O4. The quantitative estimate of drug-likeness (QED) is 0.341. The number of carbonyl (C=O) groups is 2. The summed E-state index contributed by atoms with van der Waals surface area (Å²) in [7, 11) is 0. The van der Waals surface area contributed by atoms with Crippen LogP contribution in [0.25, 0.3) is 6.08 Å². The molecule has 0 spiro atoms. The Morgan fingerprint density at radius 2 is 1.50 bits per heavy atom. The number of rotatable bonds is 6. The molecule has 0 saturated carbocycles. The summed E-state index contributed by atoms with van der Waals surface area (Å²) < 4.78 is 0. The molecule has 0 aromatic heterocycles. The second kappa shape index (κ2) is 10.4. The van der Waals surface area contributed by atoms with Crippen LogP contribution in [-0.4, -0.2) is 47.8 Å². The van der Waals surface area contributed by atoms with Gasteiger partial charge in [0.1, 0.15) is 0 Å². The zero-order chi connectivity index (χ0) is 23.9. The molecule has 1 heterocycles. The lowest BCUT2D eigenvalue weighted by Crippen LogP contribution is -2.48. The summed E-state index contributed by atoms with van der Waals surface area (Å²) in [6.07, 6.45) is 2.61. The molecule has 3 aromatic carbocycles. The van der Waals surface area contributed by atoms with Gasteiger partial charge in [-0.3, -0.25) is 19.7 Å². The van der Waals surface area contributed by atoms with Crippen LogP contribution in [0.15, 0.2) is 84.9 Å². The van der Waals surface area contributed by atoms with E-state index in [1.54, 1.807) is 47.4 Å². The first-order chi connectivity index (χ1) is 16.5. The number of amides is 2. The van der Waals surface area contributed by atoms with Gasteiger partial charge in [-0.05, 0) is 36.4 Å². The fourth-order valence-electron chi connectivity index (χ4n) is 3.89. The number of nitro groups is 1. The molecule has 3 aromatic rings. The first-order valence-electron chi connectivity index (χ1n) is 10.9. The SMILES string of the molecule is O=C(/C=C/c1ccccc1[N+](=O)[O-])Nc1ccccc1C(=O)N1CCN(c2ccccc2)CC1. The molecule has 1 aliphatic rings. The normalized spacial score (nSPS) is 13.6. The van der Waals surface area contributed by atoms with Crippen molar-refractivity contribution in [3.63, 3.8) is 0 Å². The molecule has 4 rings (SSSR count). The van der Waals surface area contributed by atoms with Gasteiger partial charge in [0.15, 0.2) is 0 Å². The molecule has 8 nitrogen and oxygen atoms in total. The Kier molecular flexibility index (Phi) is 6.98. The summed E-state index contributed by atoms with van der Waals surface area (Å²) in [6, 6.07) is 23.1. The van der Waals surface area contributed by atoms with Crippen LogP contribution >= 0.6 is 0 Å². The number of nitro benzene ring substituents is 1. The predicted octanol–water partition coefficient (Wildman–Crippen LogP) is 4.21. The van der Waals surface area contributed by atoms with Gasteiger partial charge in [0.25, 0.3) is 11.6 Å². The Balaban J connectivity index is 1.42. The topological polar surface area (TPSA) is 95.8 Å². The van der Waals surface area contributed by atoms with Gasteiger partial charge in [0.2, 0.25) is 5.91 Å². The van der Waals surface area contributed by atoms with E-state index in [1.807, 2.05) is 18.2 Å². The largest absolute Gasteiger partial charge is 0.368 e. The van der Waals surface area contributed by atoms with Crippen molar-refractivity contribution in [2.45, 2.75) is 0 Å². The molecule has 0 bridgehead atoms. The van der Waals surface area contributed by atoms with Crippen LogP contribution < -0.4 is 10.2 Å². The number of hydrogen-bond acceptors (Lipinski definition) is 5. The lowest BCUT2D eigenvalue weighted by molar-refractivity contribution is -0.385. The molecule has 1 fully saturated rings. The van der Waals surface area contributed by atoms with Crippen LogP contribution in [0, 0.1) is 10.1 Å². The lowest BCUT2D eigenvalue weighted by atomic mass is 10.1. The number of benzene rings is 3. The Bertz CT molecular complexity index is 1220. The predicted molar refractivity (Wildman–Crippen MR) is 132 cm³/mol. The minimum atomic E-state index is -0.497. The number of piperazine rings is 1. The number of carbonyl (C=O) groups excluding carboxylic acids is 2. The van der Waals surface area contributed by atoms with Crippen molar-refractivity contribution in [2.75, 3.05) is 36.4 Å². The first-order valence-corrected chi connectivity index (χ1v) is 10.9. The zero-order valence-corrected chi connectivity index (χ0v) is 18.5. The van der Waals surface area contributed by atoms with Crippen LogP contribution in [0.2, 0.25) is 0 Å². The fraction of sp³-hybridized carbons (Fsp3) is 0.154. The number of anilines is 2. The number of nitrogens with one attached hydrogen (secondary N) is 1. The van der Waals surface area contributed by atoms with Crippen LogP contribution in [0.1, 0.15) is 15.9 Å². The van der Waals surface area contributed by atoms with Crippen molar-refractivity contribution in [3.8, 4) is 0 Å². The highest BCUT2D eigenvalue weighted by Crippen LogP contribution is 2.22. The maximum absolute atomic E-state index is 13.2. The van der Waals surface area contributed by atoms with E-state index in [2.05, 4.69) is 22.3 Å². The molecule has 1 saturated heterocycles. The molecule has 172 valence electrons. The molecule has 1 aliphatic heterocycles. The minimum Gasteiger partial charge on any atom is -0.368 e. The van der Waals surface area contributed by atoms with E-state index in [0.29, 0.717) is 29.9 Å². The van der Waals surface area contributed by atoms with Crippen LogP contribution in [-0.2, 0) is 4.79 Å². The average Bonchev–Trinajstić information content (AvgIpc) is 2.88.